The van der Waals surface area contributed by atoms with E-state index in [1.807, 2.05) is 60.4 Å². The number of fused-ring (bicyclic) bond motifs is 2. The van der Waals surface area contributed by atoms with Gasteiger partial charge in [0.25, 0.3) is 11.9 Å². The number of para-hydroxylation sites is 2. The largest absolute Gasteiger partial charge is 0.424 e. The summed E-state index contributed by atoms with van der Waals surface area (Å²) in [5.41, 5.74) is 4.64. The molecule has 2 heterocycles. The molecule has 3 aromatic carbocycles. The van der Waals surface area contributed by atoms with Crippen LogP contribution in [0, 0.1) is 24.6 Å². The van der Waals surface area contributed by atoms with Crippen molar-refractivity contribution < 1.29 is 13.6 Å². The maximum absolute atomic E-state index is 13.9. The number of likely N-dealkylation sites (tertiary alicyclic amines) is 1. The van der Waals surface area contributed by atoms with E-state index >= 15 is 0 Å². The maximum atomic E-state index is 13.9. The lowest BCUT2D eigenvalue weighted by atomic mass is 9.96. The molecule has 0 spiro atoms. The fourth-order valence-electron chi connectivity index (χ4n) is 5.10. The molecule has 2 fully saturated rings. The zero-order chi connectivity index (χ0) is 22.5. The lowest BCUT2D eigenvalue weighted by molar-refractivity contribution is 0.0715. The number of amides is 1. The van der Waals surface area contributed by atoms with Crippen molar-refractivity contribution in [2.45, 2.75) is 19.4 Å². The molecule has 5 nitrogen and oxygen atoms in total. The Kier molecular flexibility index (Phi) is 4.68. The van der Waals surface area contributed by atoms with Gasteiger partial charge in [-0.15, -0.1) is 0 Å². The number of benzene rings is 3. The molecule has 3 unspecified atom stereocenters. The molecule has 0 radical (unpaired) electrons. The first-order valence-corrected chi connectivity index (χ1v) is 11.3. The molecule has 6 heteroatoms. The first-order valence-electron chi connectivity index (χ1n) is 11.3. The Bertz CT molecular complexity index is 1330. The van der Waals surface area contributed by atoms with E-state index in [1.54, 1.807) is 6.07 Å². The van der Waals surface area contributed by atoms with Crippen LogP contribution in [0.2, 0.25) is 0 Å². The topological polar surface area (TPSA) is 58.4 Å². The molecule has 3 atom stereocenters. The monoisotopic (exact) mass is 441 g/mol. The number of aromatic nitrogens is 1. The fraction of sp³-hybridized carbons (Fsp3) is 0.259. The zero-order valence-corrected chi connectivity index (χ0v) is 18.3. The van der Waals surface area contributed by atoms with Crippen LogP contribution in [0.25, 0.3) is 22.2 Å². The smallest absolute Gasteiger partial charge is 0.295 e. The molecule has 1 saturated heterocycles. The highest BCUT2D eigenvalue weighted by Gasteiger charge is 2.54. The van der Waals surface area contributed by atoms with Crippen LogP contribution >= 0.6 is 0 Å². The summed E-state index contributed by atoms with van der Waals surface area (Å²) in [7, 11) is 0. The summed E-state index contributed by atoms with van der Waals surface area (Å²) < 4.78 is 19.7. The number of halogens is 1. The van der Waals surface area contributed by atoms with Crippen molar-refractivity contribution in [3.8, 4) is 11.1 Å². The third-order valence-corrected chi connectivity index (χ3v) is 6.86. The van der Waals surface area contributed by atoms with E-state index in [4.69, 9.17) is 4.42 Å². The second-order valence-electron chi connectivity index (χ2n) is 9.11. The number of anilines is 1. The molecule has 1 aliphatic heterocycles. The molecule has 1 saturated carbocycles. The van der Waals surface area contributed by atoms with E-state index in [2.05, 4.69) is 10.3 Å². The first kappa shape index (κ1) is 20.0. The summed E-state index contributed by atoms with van der Waals surface area (Å²) in [4.78, 5) is 20.2. The van der Waals surface area contributed by atoms with E-state index in [9.17, 15) is 9.18 Å². The van der Waals surface area contributed by atoms with Crippen LogP contribution in [-0.2, 0) is 0 Å². The zero-order valence-electron chi connectivity index (χ0n) is 18.3. The van der Waals surface area contributed by atoms with Crippen molar-refractivity contribution in [1.82, 2.24) is 9.88 Å². The van der Waals surface area contributed by atoms with Gasteiger partial charge in [-0.2, -0.15) is 4.98 Å². The molecule has 1 amide bonds. The fourth-order valence-corrected chi connectivity index (χ4v) is 5.10. The summed E-state index contributed by atoms with van der Waals surface area (Å²) >= 11 is 0. The highest BCUT2D eigenvalue weighted by Crippen LogP contribution is 2.50. The Balaban J connectivity index is 1.27. The summed E-state index contributed by atoms with van der Waals surface area (Å²) in [6.45, 7) is 3.31. The summed E-state index contributed by atoms with van der Waals surface area (Å²) in [6, 6.07) is 20.4. The molecule has 2 aliphatic rings. The van der Waals surface area contributed by atoms with Gasteiger partial charge in [-0.05, 0) is 66.6 Å². The van der Waals surface area contributed by atoms with Crippen molar-refractivity contribution in [2.75, 3.05) is 18.4 Å². The number of hydrogen-bond donors (Lipinski definition) is 1. The van der Waals surface area contributed by atoms with Crippen LogP contribution in [0.1, 0.15) is 22.3 Å². The van der Waals surface area contributed by atoms with E-state index < -0.39 is 0 Å². The van der Waals surface area contributed by atoms with Gasteiger partial charge < -0.3 is 14.6 Å². The highest BCUT2D eigenvalue weighted by atomic mass is 19.1. The van der Waals surface area contributed by atoms with Crippen LogP contribution in [0.3, 0.4) is 0 Å². The molecular formula is C27H24FN3O2. The number of hydrogen-bond acceptors (Lipinski definition) is 4. The highest BCUT2D eigenvalue weighted by molar-refractivity contribution is 6.01. The van der Waals surface area contributed by atoms with Crippen molar-refractivity contribution >= 4 is 23.0 Å². The van der Waals surface area contributed by atoms with E-state index in [-0.39, 0.29) is 17.8 Å². The van der Waals surface area contributed by atoms with Crippen molar-refractivity contribution in [1.29, 1.82) is 0 Å². The Hall–Kier alpha value is -3.67. The third kappa shape index (κ3) is 3.65. The minimum absolute atomic E-state index is 0.00507. The Morgan fingerprint density at radius 2 is 2.03 bits per heavy atom. The number of carbonyl (C=O) groups is 1. The van der Waals surface area contributed by atoms with Gasteiger partial charge in [0, 0.05) is 18.7 Å². The molecule has 4 aromatic rings. The van der Waals surface area contributed by atoms with Crippen LogP contribution in [0.4, 0.5) is 10.4 Å². The van der Waals surface area contributed by atoms with Crippen molar-refractivity contribution in [3.05, 3.63) is 83.7 Å². The summed E-state index contributed by atoms with van der Waals surface area (Å²) in [5, 5.41) is 3.31. The van der Waals surface area contributed by atoms with Gasteiger partial charge in [0.05, 0.1) is 6.04 Å². The quantitative estimate of drug-likeness (QED) is 0.443. The lowest BCUT2D eigenvalue weighted by Crippen LogP contribution is -2.42. The number of nitrogens with one attached hydrogen (secondary N) is 1. The Morgan fingerprint density at radius 3 is 2.88 bits per heavy atom. The lowest BCUT2D eigenvalue weighted by Gasteiger charge is -2.28. The predicted octanol–water partition coefficient (Wildman–Crippen LogP) is 5.51. The van der Waals surface area contributed by atoms with E-state index in [0.29, 0.717) is 35.5 Å². The molecule has 6 rings (SSSR count). The number of oxazole rings is 1. The molecule has 1 aromatic heterocycles. The molecule has 0 bridgehead atoms. The molecule has 1 N–H and O–H groups in total. The number of piperidine rings is 1. The van der Waals surface area contributed by atoms with Gasteiger partial charge in [0.15, 0.2) is 5.58 Å². The summed E-state index contributed by atoms with van der Waals surface area (Å²) in [6.07, 6.45) is 1.15. The Morgan fingerprint density at radius 1 is 1.15 bits per heavy atom. The number of rotatable bonds is 5. The van der Waals surface area contributed by atoms with Crippen LogP contribution in [-0.4, -0.2) is 34.9 Å². The van der Waals surface area contributed by atoms with Gasteiger partial charge in [-0.25, -0.2) is 4.39 Å². The number of nitrogens with zero attached hydrogens (tertiary/aromatic N) is 2. The molecular weight excluding hydrogens is 417 g/mol. The van der Waals surface area contributed by atoms with Gasteiger partial charge in [0.2, 0.25) is 0 Å². The number of carbonyl (C=O) groups excluding carboxylic acids is 1. The summed E-state index contributed by atoms with van der Waals surface area (Å²) in [5.74, 6) is 0.726. The molecule has 33 heavy (non-hydrogen) atoms. The van der Waals surface area contributed by atoms with Gasteiger partial charge in [0.1, 0.15) is 11.3 Å². The number of aryl methyl sites for hydroxylation is 1. The molecule has 1 aliphatic carbocycles. The normalized spacial score (nSPS) is 21.3. The van der Waals surface area contributed by atoms with Crippen molar-refractivity contribution in [3.63, 3.8) is 0 Å². The predicted molar refractivity (Wildman–Crippen MR) is 125 cm³/mol. The van der Waals surface area contributed by atoms with E-state index in [0.717, 1.165) is 35.2 Å². The van der Waals surface area contributed by atoms with Gasteiger partial charge in [-0.3, -0.25) is 4.79 Å². The maximum Gasteiger partial charge on any atom is 0.295 e. The van der Waals surface area contributed by atoms with Crippen LogP contribution < -0.4 is 5.32 Å². The van der Waals surface area contributed by atoms with Crippen molar-refractivity contribution in [2.24, 2.45) is 11.8 Å². The second-order valence-corrected chi connectivity index (χ2v) is 9.11. The van der Waals surface area contributed by atoms with Gasteiger partial charge in [-0.1, -0.05) is 42.0 Å². The van der Waals surface area contributed by atoms with E-state index in [1.165, 1.54) is 12.1 Å². The minimum Gasteiger partial charge on any atom is -0.424 e. The SMILES string of the molecule is Cc1ccc(-c2cccc(F)c2)c(C(=O)N2CC3CC3C2CNc2nc3ccccc3o2)c1. The van der Waals surface area contributed by atoms with Crippen LogP contribution in [0.15, 0.2) is 71.1 Å². The standard InChI is InChI=1S/C27H24FN3O2/c1-16-9-10-20(17-5-4-6-19(28)12-17)22(11-16)26(32)31-15-18-13-21(18)24(31)14-29-27-30-23-7-2-3-8-25(23)33-27/h2-12,18,21,24H,13-15H2,1H3,(H,29,30). The Labute approximate surface area is 191 Å². The van der Waals surface area contributed by atoms with Crippen LogP contribution in [0.5, 0.6) is 0 Å². The third-order valence-electron chi connectivity index (χ3n) is 6.86. The minimum atomic E-state index is -0.311. The second kappa shape index (κ2) is 7.73. The molecule has 166 valence electrons. The average molecular weight is 442 g/mol. The van der Waals surface area contributed by atoms with Gasteiger partial charge >= 0.3 is 0 Å². The first-order chi connectivity index (χ1) is 16.1. The average Bonchev–Trinajstić information content (AvgIpc) is 3.30.